The summed E-state index contributed by atoms with van der Waals surface area (Å²) >= 11 is 0. The topological polar surface area (TPSA) is 91.4 Å². The monoisotopic (exact) mass is 179 g/mol. The molecule has 0 spiro atoms. The number of nitrogens with two attached hydrogens (primary N) is 1. The summed E-state index contributed by atoms with van der Waals surface area (Å²) in [6.07, 6.45) is 1.07. The van der Waals surface area contributed by atoms with Crippen LogP contribution in [-0.2, 0) is 0 Å². The van der Waals surface area contributed by atoms with Crippen LogP contribution in [0.2, 0.25) is 0 Å². The van der Waals surface area contributed by atoms with Crippen molar-refractivity contribution < 1.29 is 4.39 Å². The lowest BCUT2D eigenvalue weighted by Crippen LogP contribution is -2.11. The number of nitrogens with one attached hydrogen (secondary N) is 2. The Balaban J connectivity index is 2.79. The molecular formula is C7H6FN5. The molecular weight excluding hydrogens is 173 g/mol. The number of hydrogen-bond donors (Lipinski definition) is 3. The maximum atomic E-state index is 12.7. The molecule has 0 amide bonds. The highest BCUT2D eigenvalue weighted by atomic mass is 19.1. The summed E-state index contributed by atoms with van der Waals surface area (Å²) in [7, 11) is 0. The molecule has 0 fully saturated rings. The van der Waals surface area contributed by atoms with Gasteiger partial charge in [0.2, 0.25) is 0 Å². The normalized spacial score (nSPS) is 10.5. The molecule has 0 atom stereocenters. The van der Waals surface area contributed by atoms with Gasteiger partial charge >= 0.3 is 0 Å². The highest BCUT2D eigenvalue weighted by Gasteiger charge is 2.09. The number of nitrogens with zero attached hydrogens (tertiary/aromatic N) is 2. The fraction of sp³-hybridized carbons (Fsp3) is 0. The van der Waals surface area contributed by atoms with E-state index in [4.69, 9.17) is 11.1 Å². The van der Waals surface area contributed by atoms with E-state index in [1.807, 2.05) is 0 Å². The Kier molecular flexibility index (Phi) is 1.48. The predicted molar refractivity (Wildman–Crippen MR) is 44.9 cm³/mol. The number of nitrogen functional groups attached to an aromatic ring is 1. The van der Waals surface area contributed by atoms with Crippen molar-refractivity contribution in [3.8, 4) is 0 Å². The second-order valence-corrected chi connectivity index (χ2v) is 2.54. The SMILES string of the molecule is N=C(N)c1n[nH]c2ncc(F)cc12. The van der Waals surface area contributed by atoms with Crippen molar-refractivity contribution in [2.75, 3.05) is 0 Å². The quantitative estimate of drug-likeness (QED) is 0.436. The minimum atomic E-state index is -0.476. The molecule has 66 valence electrons. The van der Waals surface area contributed by atoms with Crippen molar-refractivity contribution in [2.24, 2.45) is 5.73 Å². The van der Waals surface area contributed by atoms with Crippen molar-refractivity contribution in [3.05, 3.63) is 23.8 Å². The lowest BCUT2D eigenvalue weighted by molar-refractivity contribution is 0.624. The minimum Gasteiger partial charge on any atom is -0.382 e. The maximum Gasteiger partial charge on any atom is 0.156 e. The first-order chi connectivity index (χ1) is 6.18. The second kappa shape index (κ2) is 2.51. The van der Waals surface area contributed by atoms with Crippen LogP contribution < -0.4 is 5.73 Å². The van der Waals surface area contributed by atoms with Crippen LogP contribution in [0.15, 0.2) is 12.3 Å². The molecule has 2 rings (SSSR count). The van der Waals surface area contributed by atoms with Crippen LogP contribution in [-0.4, -0.2) is 21.0 Å². The smallest absolute Gasteiger partial charge is 0.156 e. The molecule has 0 aliphatic carbocycles. The summed E-state index contributed by atoms with van der Waals surface area (Å²) in [4.78, 5) is 3.74. The lowest BCUT2D eigenvalue weighted by atomic mass is 10.2. The number of pyridine rings is 1. The second-order valence-electron chi connectivity index (χ2n) is 2.54. The van der Waals surface area contributed by atoms with Crippen LogP contribution in [0.3, 0.4) is 0 Å². The first-order valence-corrected chi connectivity index (χ1v) is 3.52. The molecule has 0 bridgehead atoms. The molecule has 0 aliphatic heterocycles. The molecule has 2 heterocycles. The van der Waals surface area contributed by atoms with Crippen LogP contribution >= 0.6 is 0 Å². The summed E-state index contributed by atoms with van der Waals surface area (Å²) < 4.78 is 12.7. The zero-order valence-electron chi connectivity index (χ0n) is 6.50. The van der Waals surface area contributed by atoms with Gasteiger partial charge in [0.05, 0.1) is 11.6 Å². The Morgan fingerprint density at radius 1 is 1.62 bits per heavy atom. The molecule has 2 aromatic rings. The third-order valence-electron chi connectivity index (χ3n) is 1.64. The first-order valence-electron chi connectivity index (χ1n) is 3.52. The van der Waals surface area contributed by atoms with Crippen LogP contribution in [0.25, 0.3) is 11.0 Å². The van der Waals surface area contributed by atoms with E-state index in [1.54, 1.807) is 0 Å². The van der Waals surface area contributed by atoms with Gasteiger partial charge in [-0.25, -0.2) is 9.37 Å². The van der Waals surface area contributed by atoms with Gasteiger partial charge in [0.1, 0.15) is 17.3 Å². The van der Waals surface area contributed by atoms with Gasteiger partial charge in [0.25, 0.3) is 0 Å². The summed E-state index contributed by atoms with van der Waals surface area (Å²) in [5.41, 5.74) is 5.87. The molecule has 0 aliphatic rings. The number of hydrogen-bond acceptors (Lipinski definition) is 3. The molecule has 0 saturated heterocycles. The lowest BCUT2D eigenvalue weighted by Gasteiger charge is -1.91. The molecule has 4 N–H and O–H groups in total. The highest BCUT2D eigenvalue weighted by molar-refractivity contribution is 6.04. The third kappa shape index (κ3) is 1.12. The largest absolute Gasteiger partial charge is 0.382 e. The fourth-order valence-electron chi connectivity index (χ4n) is 1.08. The van der Waals surface area contributed by atoms with Gasteiger partial charge in [-0.3, -0.25) is 10.5 Å². The van der Waals surface area contributed by atoms with Crippen molar-refractivity contribution in [1.82, 2.24) is 15.2 Å². The van der Waals surface area contributed by atoms with Gasteiger partial charge in [-0.2, -0.15) is 5.10 Å². The van der Waals surface area contributed by atoms with Crippen LogP contribution in [0, 0.1) is 11.2 Å². The Hall–Kier alpha value is -1.98. The zero-order chi connectivity index (χ0) is 9.42. The molecule has 0 saturated carbocycles. The van der Waals surface area contributed by atoms with Crippen LogP contribution in [0.1, 0.15) is 5.69 Å². The number of H-pyrrole nitrogens is 1. The number of halogens is 1. The van der Waals surface area contributed by atoms with Crippen molar-refractivity contribution in [3.63, 3.8) is 0 Å². The van der Waals surface area contributed by atoms with Crippen LogP contribution in [0.5, 0.6) is 0 Å². The molecule has 6 heteroatoms. The average molecular weight is 179 g/mol. The summed E-state index contributed by atoms with van der Waals surface area (Å²) in [6, 6.07) is 1.24. The number of rotatable bonds is 1. The number of aromatic amines is 1. The van der Waals surface area contributed by atoms with E-state index in [-0.39, 0.29) is 11.5 Å². The van der Waals surface area contributed by atoms with Crippen molar-refractivity contribution in [1.29, 1.82) is 5.41 Å². The summed E-state index contributed by atoms with van der Waals surface area (Å²) in [5, 5.41) is 13.9. The third-order valence-corrected chi connectivity index (χ3v) is 1.64. The van der Waals surface area contributed by atoms with Crippen molar-refractivity contribution in [2.45, 2.75) is 0 Å². The maximum absolute atomic E-state index is 12.7. The van der Waals surface area contributed by atoms with E-state index < -0.39 is 5.82 Å². The van der Waals surface area contributed by atoms with E-state index in [0.29, 0.717) is 11.0 Å². The Labute approximate surface area is 72.3 Å². The molecule has 2 aromatic heterocycles. The first kappa shape index (κ1) is 7.66. The predicted octanol–water partition coefficient (Wildman–Crippen LogP) is 0.381. The molecule has 13 heavy (non-hydrogen) atoms. The standard InChI is InChI=1S/C7H6FN5/c8-3-1-4-5(6(9)10)12-13-7(4)11-2-3/h1-2H,(H3,9,10)(H,11,12,13). The van der Waals surface area contributed by atoms with Gasteiger partial charge < -0.3 is 5.73 Å². The molecule has 0 unspecified atom stereocenters. The highest BCUT2D eigenvalue weighted by Crippen LogP contribution is 2.13. The van der Waals surface area contributed by atoms with Crippen molar-refractivity contribution >= 4 is 16.9 Å². The Morgan fingerprint density at radius 3 is 3.08 bits per heavy atom. The Morgan fingerprint density at radius 2 is 2.38 bits per heavy atom. The number of fused-ring (bicyclic) bond motifs is 1. The zero-order valence-corrected chi connectivity index (χ0v) is 6.50. The van der Waals surface area contributed by atoms with E-state index in [1.165, 1.54) is 6.07 Å². The fourth-order valence-corrected chi connectivity index (χ4v) is 1.08. The average Bonchev–Trinajstić information content (AvgIpc) is 2.46. The van der Waals surface area contributed by atoms with Gasteiger partial charge in [0, 0.05) is 0 Å². The Bertz CT molecular complexity index is 475. The molecule has 5 nitrogen and oxygen atoms in total. The van der Waals surface area contributed by atoms with E-state index in [0.717, 1.165) is 6.20 Å². The van der Waals surface area contributed by atoms with E-state index >= 15 is 0 Å². The van der Waals surface area contributed by atoms with Gasteiger partial charge in [-0.15, -0.1) is 0 Å². The summed E-state index contributed by atoms with van der Waals surface area (Å²) in [5.74, 6) is -0.685. The molecule has 0 radical (unpaired) electrons. The van der Waals surface area contributed by atoms with Gasteiger partial charge in [-0.05, 0) is 6.07 Å². The summed E-state index contributed by atoms with van der Waals surface area (Å²) in [6.45, 7) is 0. The number of aromatic nitrogens is 3. The molecule has 0 aromatic carbocycles. The van der Waals surface area contributed by atoms with Gasteiger partial charge in [-0.1, -0.05) is 0 Å². The minimum absolute atomic E-state index is 0.210. The number of amidine groups is 1. The van der Waals surface area contributed by atoms with Gasteiger partial charge in [0.15, 0.2) is 5.65 Å². The van der Waals surface area contributed by atoms with E-state index in [9.17, 15) is 4.39 Å². The van der Waals surface area contributed by atoms with E-state index in [2.05, 4.69) is 15.2 Å². The van der Waals surface area contributed by atoms with Crippen LogP contribution in [0.4, 0.5) is 4.39 Å².